The van der Waals surface area contributed by atoms with Gasteiger partial charge in [-0.05, 0) is 41.8 Å². The van der Waals surface area contributed by atoms with Crippen LogP contribution in [0.25, 0.3) is 11.1 Å². The monoisotopic (exact) mass is 263 g/mol. The molecule has 0 atom stereocenters. The number of hydrogen-bond donors (Lipinski definition) is 1. The number of rotatable bonds is 4. The lowest BCUT2D eigenvalue weighted by Crippen LogP contribution is -2.02. The fourth-order valence-corrected chi connectivity index (χ4v) is 1.81. The summed E-state index contributed by atoms with van der Waals surface area (Å²) in [5, 5.41) is 0. The number of halogens is 1. The molecule has 0 saturated heterocycles. The van der Waals surface area contributed by atoms with Crippen molar-refractivity contribution in [1.82, 2.24) is 0 Å². The highest BCUT2D eigenvalue weighted by Crippen LogP contribution is 2.22. The summed E-state index contributed by atoms with van der Waals surface area (Å²) in [7, 11) is 1.68. The molecule has 0 fully saturated rings. The van der Waals surface area contributed by atoms with Gasteiger partial charge in [-0.3, -0.25) is 0 Å². The molecule has 18 heavy (non-hydrogen) atoms. The fraction of sp³-hybridized carbons (Fsp3) is 0.200. The maximum Gasteiger partial charge on any atom is 0.118 e. The number of methoxy groups -OCH3 is 1. The molecule has 0 aromatic heterocycles. The first kappa shape index (κ1) is 14.6. The molecule has 3 heteroatoms. The molecule has 0 bridgehead atoms. The zero-order chi connectivity index (χ0) is 12.1. The lowest BCUT2D eigenvalue weighted by Gasteiger charge is -2.05. The van der Waals surface area contributed by atoms with Crippen LogP contribution in [0.4, 0.5) is 0 Å². The molecule has 0 saturated carbocycles. The largest absolute Gasteiger partial charge is 0.497 e. The first-order valence-corrected chi connectivity index (χ1v) is 5.77. The molecule has 0 unspecified atom stereocenters. The summed E-state index contributed by atoms with van der Waals surface area (Å²) in [5.74, 6) is 0.883. The Hall–Kier alpha value is -1.51. The van der Waals surface area contributed by atoms with Crippen LogP contribution >= 0.6 is 12.4 Å². The molecule has 0 aliphatic rings. The van der Waals surface area contributed by atoms with E-state index in [9.17, 15) is 0 Å². The maximum atomic E-state index is 5.53. The van der Waals surface area contributed by atoms with E-state index in [1.807, 2.05) is 12.1 Å². The maximum absolute atomic E-state index is 5.53. The average Bonchev–Trinajstić information content (AvgIpc) is 2.40. The molecule has 0 spiro atoms. The lowest BCUT2D eigenvalue weighted by atomic mass is 10.0. The molecule has 0 heterocycles. The highest BCUT2D eigenvalue weighted by Gasteiger charge is 1.98. The molecule has 2 aromatic rings. The summed E-state index contributed by atoms with van der Waals surface area (Å²) in [6.07, 6.45) is 0.933. The van der Waals surface area contributed by atoms with Crippen molar-refractivity contribution in [2.45, 2.75) is 6.42 Å². The average molecular weight is 264 g/mol. The van der Waals surface area contributed by atoms with Gasteiger partial charge in [0, 0.05) is 0 Å². The number of nitrogens with two attached hydrogens (primary N) is 1. The normalized spacial score (nSPS) is 9.67. The van der Waals surface area contributed by atoms with E-state index >= 15 is 0 Å². The van der Waals surface area contributed by atoms with Gasteiger partial charge in [0.15, 0.2) is 0 Å². The predicted molar refractivity (Wildman–Crippen MR) is 78.4 cm³/mol. The SMILES string of the molecule is COc1ccc(-c2ccc(CCN)cc2)cc1.Cl. The summed E-state index contributed by atoms with van der Waals surface area (Å²) in [4.78, 5) is 0. The van der Waals surface area contributed by atoms with Crippen LogP contribution in [-0.2, 0) is 6.42 Å². The fourth-order valence-electron chi connectivity index (χ4n) is 1.81. The van der Waals surface area contributed by atoms with Crippen molar-refractivity contribution in [1.29, 1.82) is 0 Å². The predicted octanol–water partition coefficient (Wildman–Crippen LogP) is 3.29. The molecule has 0 aliphatic heterocycles. The first-order valence-electron chi connectivity index (χ1n) is 5.77. The quantitative estimate of drug-likeness (QED) is 0.919. The van der Waals surface area contributed by atoms with Crippen LogP contribution < -0.4 is 10.5 Å². The topological polar surface area (TPSA) is 35.2 Å². The smallest absolute Gasteiger partial charge is 0.118 e. The molecule has 0 radical (unpaired) electrons. The third kappa shape index (κ3) is 3.49. The second kappa shape index (κ2) is 7.04. The van der Waals surface area contributed by atoms with Gasteiger partial charge in [0.05, 0.1) is 7.11 Å². The zero-order valence-electron chi connectivity index (χ0n) is 10.4. The summed E-state index contributed by atoms with van der Waals surface area (Å²) in [6.45, 7) is 0.696. The van der Waals surface area contributed by atoms with Gasteiger partial charge in [0.2, 0.25) is 0 Å². The van der Waals surface area contributed by atoms with E-state index in [-0.39, 0.29) is 12.4 Å². The summed E-state index contributed by atoms with van der Waals surface area (Å²) in [5.41, 5.74) is 9.23. The van der Waals surface area contributed by atoms with E-state index < -0.39 is 0 Å². The summed E-state index contributed by atoms with van der Waals surface area (Å²) in [6, 6.07) is 16.6. The molecule has 96 valence electrons. The van der Waals surface area contributed by atoms with Crippen molar-refractivity contribution < 1.29 is 4.74 Å². The number of hydrogen-bond acceptors (Lipinski definition) is 2. The van der Waals surface area contributed by atoms with Crippen molar-refractivity contribution in [2.24, 2.45) is 5.73 Å². The second-order valence-electron chi connectivity index (χ2n) is 3.96. The van der Waals surface area contributed by atoms with Gasteiger partial charge in [-0.15, -0.1) is 12.4 Å². The summed E-state index contributed by atoms with van der Waals surface area (Å²) >= 11 is 0. The Bertz CT molecular complexity index is 465. The Morgan fingerprint density at radius 1 is 0.889 bits per heavy atom. The number of benzene rings is 2. The molecule has 0 amide bonds. The zero-order valence-corrected chi connectivity index (χ0v) is 11.2. The third-order valence-electron chi connectivity index (χ3n) is 2.81. The van der Waals surface area contributed by atoms with E-state index in [4.69, 9.17) is 10.5 Å². The minimum atomic E-state index is 0. The van der Waals surface area contributed by atoms with E-state index in [1.165, 1.54) is 16.7 Å². The van der Waals surface area contributed by atoms with E-state index in [1.54, 1.807) is 7.11 Å². The molecule has 2 N–H and O–H groups in total. The van der Waals surface area contributed by atoms with Gasteiger partial charge in [-0.1, -0.05) is 36.4 Å². The molecule has 0 aliphatic carbocycles. The third-order valence-corrected chi connectivity index (χ3v) is 2.81. The Balaban J connectivity index is 0.00000162. The van der Waals surface area contributed by atoms with Crippen LogP contribution in [0.2, 0.25) is 0 Å². The standard InChI is InChI=1S/C15H17NO.ClH/c1-17-15-8-6-14(7-9-15)13-4-2-12(3-5-13)10-11-16;/h2-9H,10-11,16H2,1H3;1H. The molecule has 2 rings (SSSR count). The molecule has 2 aromatic carbocycles. The minimum absolute atomic E-state index is 0. The van der Waals surface area contributed by atoms with Gasteiger partial charge in [-0.2, -0.15) is 0 Å². The number of ether oxygens (including phenoxy) is 1. The van der Waals surface area contributed by atoms with Crippen LogP contribution in [-0.4, -0.2) is 13.7 Å². The van der Waals surface area contributed by atoms with Crippen LogP contribution in [0.15, 0.2) is 48.5 Å². The molecular weight excluding hydrogens is 246 g/mol. The molecule has 2 nitrogen and oxygen atoms in total. The van der Waals surface area contributed by atoms with Gasteiger partial charge in [-0.25, -0.2) is 0 Å². The Morgan fingerprint density at radius 3 is 1.83 bits per heavy atom. The Labute approximate surface area is 114 Å². The highest BCUT2D eigenvalue weighted by molar-refractivity contribution is 5.85. The Morgan fingerprint density at radius 2 is 1.39 bits per heavy atom. The Kier molecular flexibility index (Phi) is 5.69. The van der Waals surface area contributed by atoms with Crippen LogP contribution in [0.5, 0.6) is 5.75 Å². The van der Waals surface area contributed by atoms with Gasteiger partial charge >= 0.3 is 0 Å². The van der Waals surface area contributed by atoms with Crippen LogP contribution in [0, 0.1) is 0 Å². The summed E-state index contributed by atoms with van der Waals surface area (Å²) < 4.78 is 5.14. The van der Waals surface area contributed by atoms with Gasteiger partial charge in [0.25, 0.3) is 0 Å². The minimum Gasteiger partial charge on any atom is -0.497 e. The van der Waals surface area contributed by atoms with Crippen molar-refractivity contribution in [3.05, 3.63) is 54.1 Å². The van der Waals surface area contributed by atoms with Crippen molar-refractivity contribution >= 4 is 12.4 Å². The lowest BCUT2D eigenvalue weighted by molar-refractivity contribution is 0.415. The van der Waals surface area contributed by atoms with E-state index in [0.717, 1.165) is 12.2 Å². The van der Waals surface area contributed by atoms with Crippen molar-refractivity contribution in [3.8, 4) is 16.9 Å². The van der Waals surface area contributed by atoms with Crippen molar-refractivity contribution in [3.63, 3.8) is 0 Å². The van der Waals surface area contributed by atoms with Crippen molar-refractivity contribution in [2.75, 3.05) is 13.7 Å². The van der Waals surface area contributed by atoms with Gasteiger partial charge < -0.3 is 10.5 Å². The first-order chi connectivity index (χ1) is 8.33. The van der Waals surface area contributed by atoms with Crippen LogP contribution in [0.1, 0.15) is 5.56 Å². The second-order valence-corrected chi connectivity index (χ2v) is 3.96. The van der Waals surface area contributed by atoms with E-state index in [0.29, 0.717) is 6.54 Å². The highest BCUT2D eigenvalue weighted by atomic mass is 35.5. The van der Waals surface area contributed by atoms with E-state index in [2.05, 4.69) is 36.4 Å². The van der Waals surface area contributed by atoms with Crippen LogP contribution in [0.3, 0.4) is 0 Å². The molecular formula is C15H18ClNO. The van der Waals surface area contributed by atoms with Gasteiger partial charge in [0.1, 0.15) is 5.75 Å².